The van der Waals surface area contributed by atoms with Crippen LogP contribution in [-0.2, 0) is 9.59 Å². The van der Waals surface area contributed by atoms with Crippen LogP contribution < -0.4 is 10.6 Å². The van der Waals surface area contributed by atoms with E-state index in [1.54, 1.807) is 0 Å². The average Bonchev–Trinajstić information content (AvgIpc) is 2.26. The highest BCUT2D eigenvalue weighted by molar-refractivity contribution is 7.27. The highest BCUT2D eigenvalue weighted by Gasteiger charge is 2.22. The fourth-order valence-corrected chi connectivity index (χ4v) is 1.65. The van der Waals surface area contributed by atoms with Crippen LogP contribution in [0.3, 0.4) is 0 Å². The van der Waals surface area contributed by atoms with Gasteiger partial charge in [0, 0.05) is 0 Å². The zero-order valence-corrected chi connectivity index (χ0v) is 10.7. The van der Waals surface area contributed by atoms with Crippen LogP contribution in [0.15, 0.2) is 18.2 Å². The topological polar surface area (TPSA) is 86.6 Å². The van der Waals surface area contributed by atoms with Gasteiger partial charge < -0.3 is 15.5 Å². The molecule has 0 radical (unpaired) electrons. The Morgan fingerprint density at radius 2 is 2.00 bits per heavy atom. The van der Waals surface area contributed by atoms with Gasteiger partial charge in [-0.25, -0.2) is 4.39 Å². The molecule has 0 aliphatic carbocycles. The smallest absolute Gasteiger partial charge is 0.325 e. The molecular weight excluding hydrogens is 260 g/mol. The number of carboxylic acid groups (broad SMARTS) is 1. The van der Waals surface area contributed by atoms with Crippen molar-refractivity contribution >= 4 is 26.4 Å². The van der Waals surface area contributed by atoms with Crippen molar-refractivity contribution in [3.63, 3.8) is 0 Å². The van der Waals surface area contributed by atoms with E-state index >= 15 is 0 Å². The minimum Gasteiger partial charge on any atom is -0.480 e. The number of carboxylic acids is 1. The fourth-order valence-electron chi connectivity index (χ4n) is 1.30. The van der Waals surface area contributed by atoms with Gasteiger partial charge in [0.05, 0.1) is 0 Å². The summed E-state index contributed by atoms with van der Waals surface area (Å²) in [7, 11) is 2.25. The van der Waals surface area contributed by atoms with E-state index in [4.69, 9.17) is 5.11 Å². The number of rotatable bonds is 4. The lowest BCUT2D eigenvalue weighted by Gasteiger charge is -2.14. The fraction of sp³-hybridized carbons (Fsp3) is 0.273. The molecule has 0 heterocycles. The molecule has 18 heavy (non-hydrogen) atoms. The first-order valence-electron chi connectivity index (χ1n) is 5.08. The van der Waals surface area contributed by atoms with Crippen molar-refractivity contribution in [1.29, 1.82) is 0 Å². The Morgan fingerprint density at radius 1 is 1.39 bits per heavy atom. The number of hydrogen-bond donors (Lipinski definition) is 3. The van der Waals surface area contributed by atoms with Gasteiger partial charge in [0.1, 0.15) is 11.9 Å². The minimum atomic E-state index is -1.61. The lowest BCUT2D eigenvalue weighted by atomic mass is 10.1. The van der Waals surface area contributed by atoms with Crippen molar-refractivity contribution in [1.82, 2.24) is 5.32 Å². The molecule has 0 aliphatic rings. The predicted octanol–water partition coefficient (Wildman–Crippen LogP) is -0.0512. The van der Waals surface area contributed by atoms with Crippen LogP contribution in [0.25, 0.3) is 0 Å². The molecule has 1 aromatic rings. The second kappa shape index (κ2) is 5.89. The van der Waals surface area contributed by atoms with Crippen molar-refractivity contribution in [2.75, 3.05) is 0 Å². The average molecular weight is 273 g/mol. The van der Waals surface area contributed by atoms with Crippen molar-refractivity contribution in [3.8, 4) is 0 Å². The summed E-state index contributed by atoms with van der Waals surface area (Å²) in [6, 6.07) is 2.53. The summed E-state index contributed by atoms with van der Waals surface area (Å²) in [6.45, 7) is 1.26. The number of aliphatic carboxylic acids is 1. The molecule has 0 bridgehead atoms. The summed E-state index contributed by atoms with van der Waals surface area (Å²) in [5.74, 6) is -2.70. The number of aliphatic hydroxyl groups excluding tert-OH is 1. The second-order valence-electron chi connectivity index (χ2n) is 3.79. The summed E-state index contributed by atoms with van der Waals surface area (Å²) in [5, 5.41) is 20.9. The molecule has 1 amide bonds. The summed E-state index contributed by atoms with van der Waals surface area (Å²) in [4.78, 5) is 22.1. The molecule has 0 aromatic heterocycles. The Bertz CT molecular complexity index is 460. The minimum absolute atomic E-state index is 0.0649. The first-order chi connectivity index (χ1) is 8.31. The number of nitrogens with one attached hydrogen (secondary N) is 1. The van der Waals surface area contributed by atoms with E-state index in [1.165, 1.54) is 19.1 Å². The maximum Gasteiger partial charge on any atom is 0.325 e. The van der Waals surface area contributed by atoms with E-state index in [0.717, 1.165) is 6.07 Å². The van der Waals surface area contributed by atoms with Crippen LogP contribution >= 0.6 is 9.24 Å². The van der Waals surface area contributed by atoms with E-state index in [9.17, 15) is 19.1 Å². The number of benzene rings is 1. The van der Waals surface area contributed by atoms with Crippen LogP contribution in [0, 0.1) is 5.82 Å². The molecule has 3 N–H and O–H groups in total. The van der Waals surface area contributed by atoms with Gasteiger partial charge in [-0.05, 0) is 36.0 Å². The highest BCUT2D eigenvalue weighted by Crippen LogP contribution is 2.14. The van der Waals surface area contributed by atoms with Crippen molar-refractivity contribution in [2.24, 2.45) is 0 Å². The van der Waals surface area contributed by atoms with Gasteiger partial charge in [-0.2, -0.15) is 0 Å². The molecule has 0 saturated carbocycles. The molecule has 2 unspecified atom stereocenters. The number of carbonyl (C=O) groups excluding carboxylic acids is 1. The molecule has 0 fully saturated rings. The Morgan fingerprint density at radius 3 is 2.50 bits per heavy atom. The zero-order valence-electron chi connectivity index (χ0n) is 9.55. The summed E-state index contributed by atoms with van der Waals surface area (Å²) < 4.78 is 13.1. The summed E-state index contributed by atoms with van der Waals surface area (Å²) >= 11 is 0. The monoisotopic (exact) mass is 273 g/mol. The van der Waals surface area contributed by atoms with Crippen molar-refractivity contribution in [3.05, 3.63) is 29.6 Å². The quantitative estimate of drug-likeness (QED) is 0.671. The SMILES string of the molecule is C[C@H](NC(=O)C(O)c1cc(F)cc(P)c1)C(=O)O. The Kier molecular flexibility index (Phi) is 4.76. The maximum atomic E-state index is 13.1. The van der Waals surface area contributed by atoms with Gasteiger partial charge in [-0.15, -0.1) is 9.24 Å². The van der Waals surface area contributed by atoms with Crippen LogP contribution in [-0.4, -0.2) is 28.1 Å². The van der Waals surface area contributed by atoms with Crippen LogP contribution in [0.5, 0.6) is 0 Å². The van der Waals surface area contributed by atoms with E-state index in [2.05, 4.69) is 14.6 Å². The third-order valence-electron chi connectivity index (χ3n) is 2.24. The summed E-state index contributed by atoms with van der Waals surface area (Å²) in [6.07, 6.45) is -1.61. The first-order valence-corrected chi connectivity index (χ1v) is 5.66. The lowest BCUT2D eigenvalue weighted by Crippen LogP contribution is -2.41. The number of halogens is 1. The van der Waals surface area contributed by atoms with Gasteiger partial charge in [0.2, 0.25) is 0 Å². The Labute approximate surface area is 105 Å². The first kappa shape index (κ1) is 14.5. The normalized spacial score (nSPS) is 13.8. The lowest BCUT2D eigenvalue weighted by molar-refractivity contribution is -0.142. The van der Waals surface area contributed by atoms with Gasteiger partial charge >= 0.3 is 5.97 Å². The van der Waals surface area contributed by atoms with Gasteiger partial charge in [0.25, 0.3) is 5.91 Å². The maximum absolute atomic E-state index is 13.1. The van der Waals surface area contributed by atoms with E-state index < -0.39 is 29.8 Å². The Balaban J connectivity index is 2.83. The zero-order chi connectivity index (χ0) is 13.9. The molecular formula is C11H13FNO4P. The number of carbonyl (C=O) groups is 2. The third-order valence-corrected chi connectivity index (χ3v) is 2.57. The Hall–Kier alpha value is -1.52. The van der Waals surface area contributed by atoms with Crippen LogP contribution in [0.2, 0.25) is 0 Å². The standard InChI is InChI=1S/C11H13FNO4P/c1-5(11(16)17)13-10(15)9(14)6-2-7(12)4-8(18)3-6/h2-5,9,14H,18H2,1H3,(H,13,15)(H,16,17)/t5-,9?/m0/s1. The van der Waals surface area contributed by atoms with Gasteiger partial charge in [-0.1, -0.05) is 0 Å². The molecule has 7 heteroatoms. The summed E-state index contributed by atoms with van der Waals surface area (Å²) in [5.41, 5.74) is 0.0649. The van der Waals surface area contributed by atoms with E-state index in [1.807, 2.05) is 0 Å². The largest absolute Gasteiger partial charge is 0.480 e. The molecule has 0 spiro atoms. The molecule has 5 nitrogen and oxygen atoms in total. The molecule has 1 aromatic carbocycles. The van der Waals surface area contributed by atoms with Gasteiger partial charge in [0.15, 0.2) is 6.10 Å². The number of aliphatic hydroxyl groups is 1. The predicted molar refractivity (Wildman–Crippen MR) is 65.9 cm³/mol. The molecule has 0 saturated heterocycles. The van der Waals surface area contributed by atoms with Crippen molar-refractivity contribution < 1.29 is 24.2 Å². The van der Waals surface area contributed by atoms with E-state index in [0.29, 0.717) is 5.30 Å². The van der Waals surface area contributed by atoms with Crippen molar-refractivity contribution in [2.45, 2.75) is 19.1 Å². The molecule has 1 rings (SSSR count). The molecule has 98 valence electrons. The second-order valence-corrected chi connectivity index (χ2v) is 4.46. The van der Waals surface area contributed by atoms with Gasteiger partial charge in [-0.3, -0.25) is 9.59 Å². The van der Waals surface area contributed by atoms with E-state index in [-0.39, 0.29) is 5.56 Å². The third kappa shape index (κ3) is 3.75. The van der Waals surface area contributed by atoms with Crippen LogP contribution in [0.4, 0.5) is 4.39 Å². The molecule has 3 atom stereocenters. The number of amides is 1. The highest BCUT2D eigenvalue weighted by atomic mass is 31.0. The molecule has 0 aliphatic heterocycles. The number of hydrogen-bond acceptors (Lipinski definition) is 3. The van der Waals surface area contributed by atoms with Crippen LogP contribution in [0.1, 0.15) is 18.6 Å².